The molecule has 3 heterocycles. The molecule has 0 bridgehead atoms. The van der Waals surface area contributed by atoms with Crippen molar-refractivity contribution in [2.45, 2.75) is 18.9 Å². The molecule has 142 valence electrons. The average molecular weight is 368 g/mol. The van der Waals surface area contributed by atoms with E-state index in [2.05, 4.69) is 32.7 Å². The van der Waals surface area contributed by atoms with Crippen LogP contribution in [0.3, 0.4) is 0 Å². The Morgan fingerprint density at radius 1 is 1.11 bits per heavy atom. The first-order valence-electron chi connectivity index (χ1n) is 9.37. The fourth-order valence-electron chi connectivity index (χ4n) is 3.35. The number of rotatable bonds is 5. The third kappa shape index (κ3) is 4.37. The number of pyridine rings is 1. The van der Waals surface area contributed by atoms with E-state index in [0.29, 0.717) is 12.4 Å². The zero-order chi connectivity index (χ0) is 18.5. The molecule has 2 saturated heterocycles. The Hall–Kier alpha value is -2.64. The number of nitrogens with zero attached hydrogens (tertiary/aromatic N) is 2. The molecule has 2 N–H and O–H groups in total. The summed E-state index contributed by atoms with van der Waals surface area (Å²) in [6.45, 7) is 3.90. The van der Waals surface area contributed by atoms with Gasteiger partial charge in [-0.25, -0.2) is 4.98 Å². The summed E-state index contributed by atoms with van der Waals surface area (Å²) in [5.74, 6) is 0.404. The second-order valence-electron chi connectivity index (χ2n) is 6.66. The molecular formula is C20H24N4O3. The summed E-state index contributed by atoms with van der Waals surface area (Å²) in [6.07, 6.45) is 3.06. The molecule has 1 aromatic carbocycles. The first-order valence-corrected chi connectivity index (χ1v) is 9.37. The number of hydrogen-bond acceptors (Lipinski definition) is 6. The third-order valence-electron chi connectivity index (χ3n) is 4.77. The van der Waals surface area contributed by atoms with Gasteiger partial charge >= 0.3 is 0 Å². The first-order chi connectivity index (χ1) is 13.3. The zero-order valence-corrected chi connectivity index (χ0v) is 15.2. The summed E-state index contributed by atoms with van der Waals surface area (Å²) < 4.78 is 10.8. The van der Waals surface area contributed by atoms with Crippen LogP contribution in [-0.2, 0) is 14.3 Å². The molecule has 1 aromatic heterocycles. The number of carbonyl (C=O) groups is 1. The van der Waals surface area contributed by atoms with Gasteiger partial charge in [0.25, 0.3) is 5.91 Å². The van der Waals surface area contributed by atoms with E-state index in [0.717, 1.165) is 56.2 Å². The van der Waals surface area contributed by atoms with E-state index in [-0.39, 0.29) is 12.0 Å². The molecule has 0 aliphatic carbocycles. The van der Waals surface area contributed by atoms with Gasteiger partial charge in [0.05, 0.1) is 36.5 Å². The predicted octanol–water partition coefficient (Wildman–Crippen LogP) is 2.78. The Morgan fingerprint density at radius 2 is 1.96 bits per heavy atom. The van der Waals surface area contributed by atoms with E-state index in [1.807, 2.05) is 18.2 Å². The van der Waals surface area contributed by atoms with E-state index in [1.54, 1.807) is 12.3 Å². The lowest BCUT2D eigenvalue weighted by Crippen LogP contribution is -2.36. The van der Waals surface area contributed by atoms with Gasteiger partial charge in [0, 0.05) is 19.7 Å². The fraction of sp³-hybridized carbons (Fsp3) is 0.400. The van der Waals surface area contributed by atoms with Crippen molar-refractivity contribution in [3.8, 4) is 0 Å². The summed E-state index contributed by atoms with van der Waals surface area (Å²) in [6, 6.07) is 11.9. The molecule has 27 heavy (non-hydrogen) atoms. The normalized spacial score (nSPS) is 19.7. The van der Waals surface area contributed by atoms with Gasteiger partial charge in [-0.1, -0.05) is 12.1 Å². The molecule has 1 unspecified atom stereocenters. The van der Waals surface area contributed by atoms with Gasteiger partial charge in [-0.3, -0.25) is 4.79 Å². The van der Waals surface area contributed by atoms with Crippen molar-refractivity contribution in [2.24, 2.45) is 0 Å². The van der Waals surface area contributed by atoms with Gasteiger partial charge in [-0.05, 0) is 37.1 Å². The number of benzene rings is 1. The number of nitrogens with one attached hydrogen (secondary N) is 2. The van der Waals surface area contributed by atoms with Crippen LogP contribution in [0.2, 0.25) is 0 Å². The lowest BCUT2D eigenvalue weighted by molar-refractivity contribution is -0.124. The Morgan fingerprint density at radius 3 is 2.70 bits per heavy atom. The van der Waals surface area contributed by atoms with Crippen LogP contribution in [0.1, 0.15) is 12.8 Å². The quantitative estimate of drug-likeness (QED) is 0.845. The van der Waals surface area contributed by atoms with E-state index in [4.69, 9.17) is 9.47 Å². The second-order valence-corrected chi connectivity index (χ2v) is 6.66. The Bertz CT molecular complexity index is 769. The van der Waals surface area contributed by atoms with Gasteiger partial charge in [0.15, 0.2) is 0 Å². The van der Waals surface area contributed by atoms with E-state index in [1.165, 1.54) is 0 Å². The highest BCUT2D eigenvalue weighted by atomic mass is 16.5. The standard InChI is InChI=1S/C20H24N4O3/c25-20(18-6-3-11-27-18)23-19-8-7-15(14-21-19)22-16-4-1-2-5-17(16)24-9-12-26-13-10-24/h1-2,4-5,7-8,14,18,22H,3,6,9-13H2,(H,21,23,25). The van der Waals surface area contributed by atoms with Crippen LogP contribution < -0.4 is 15.5 Å². The van der Waals surface area contributed by atoms with Crippen molar-refractivity contribution in [1.29, 1.82) is 0 Å². The maximum Gasteiger partial charge on any atom is 0.254 e. The van der Waals surface area contributed by atoms with Crippen LogP contribution in [0.25, 0.3) is 0 Å². The van der Waals surface area contributed by atoms with Crippen molar-refractivity contribution in [3.63, 3.8) is 0 Å². The monoisotopic (exact) mass is 368 g/mol. The molecule has 2 aliphatic rings. The number of para-hydroxylation sites is 2. The minimum atomic E-state index is -0.356. The van der Waals surface area contributed by atoms with Crippen LogP contribution in [-0.4, -0.2) is 49.9 Å². The number of morpholine rings is 1. The maximum absolute atomic E-state index is 12.1. The molecule has 0 saturated carbocycles. The first kappa shape index (κ1) is 17.8. The lowest BCUT2D eigenvalue weighted by Gasteiger charge is -2.30. The Balaban J connectivity index is 1.42. The third-order valence-corrected chi connectivity index (χ3v) is 4.77. The molecule has 4 rings (SSSR count). The van der Waals surface area contributed by atoms with Gasteiger partial charge in [0.1, 0.15) is 11.9 Å². The van der Waals surface area contributed by atoms with Crippen LogP contribution in [0, 0.1) is 0 Å². The summed E-state index contributed by atoms with van der Waals surface area (Å²) in [5.41, 5.74) is 3.04. The number of hydrogen-bond donors (Lipinski definition) is 2. The van der Waals surface area contributed by atoms with Gasteiger partial charge in [-0.2, -0.15) is 0 Å². The second kappa shape index (κ2) is 8.37. The molecule has 1 atom stereocenters. The largest absolute Gasteiger partial charge is 0.378 e. The Kier molecular flexibility index (Phi) is 5.50. The topological polar surface area (TPSA) is 75.7 Å². The molecule has 7 nitrogen and oxygen atoms in total. The molecule has 2 fully saturated rings. The van der Waals surface area contributed by atoms with Crippen molar-refractivity contribution in [3.05, 3.63) is 42.6 Å². The molecule has 0 spiro atoms. The van der Waals surface area contributed by atoms with Crippen molar-refractivity contribution in [1.82, 2.24) is 4.98 Å². The number of ether oxygens (including phenoxy) is 2. The summed E-state index contributed by atoms with van der Waals surface area (Å²) in [7, 11) is 0. The van der Waals surface area contributed by atoms with Crippen molar-refractivity contribution >= 4 is 28.8 Å². The average Bonchev–Trinajstić information content (AvgIpc) is 3.26. The number of aromatic nitrogens is 1. The lowest BCUT2D eigenvalue weighted by atomic mass is 10.2. The SMILES string of the molecule is O=C(Nc1ccc(Nc2ccccc2N2CCOCC2)cn1)C1CCCO1. The highest BCUT2D eigenvalue weighted by molar-refractivity contribution is 5.93. The number of amides is 1. The summed E-state index contributed by atoms with van der Waals surface area (Å²) >= 11 is 0. The fourth-order valence-corrected chi connectivity index (χ4v) is 3.35. The zero-order valence-electron chi connectivity index (χ0n) is 15.2. The van der Waals surface area contributed by atoms with Gasteiger partial charge in [0.2, 0.25) is 0 Å². The highest BCUT2D eigenvalue weighted by Crippen LogP contribution is 2.29. The van der Waals surface area contributed by atoms with Crippen LogP contribution in [0.15, 0.2) is 42.6 Å². The van der Waals surface area contributed by atoms with E-state index in [9.17, 15) is 4.79 Å². The summed E-state index contributed by atoms with van der Waals surface area (Å²) in [5, 5.41) is 6.24. The number of anilines is 4. The van der Waals surface area contributed by atoms with Crippen molar-refractivity contribution in [2.75, 3.05) is 48.4 Å². The minimum absolute atomic E-state index is 0.127. The highest BCUT2D eigenvalue weighted by Gasteiger charge is 2.23. The predicted molar refractivity (Wildman–Crippen MR) is 105 cm³/mol. The molecule has 1 amide bonds. The van der Waals surface area contributed by atoms with Gasteiger partial charge in [-0.15, -0.1) is 0 Å². The minimum Gasteiger partial charge on any atom is -0.378 e. The van der Waals surface area contributed by atoms with Gasteiger partial charge < -0.3 is 25.0 Å². The summed E-state index contributed by atoms with van der Waals surface area (Å²) in [4.78, 5) is 18.8. The molecule has 7 heteroatoms. The Labute approximate surface area is 158 Å². The number of carbonyl (C=O) groups excluding carboxylic acids is 1. The van der Waals surface area contributed by atoms with E-state index < -0.39 is 0 Å². The molecule has 0 radical (unpaired) electrons. The van der Waals surface area contributed by atoms with Crippen molar-refractivity contribution < 1.29 is 14.3 Å². The maximum atomic E-state index is 12.1. The molecule has 2 aliphatic heterocycles. The van der Waals surface area contributed by atoms with Crippen LogP contribution in [0.4, 0.5) is 22.9 Å². The van der Waals surface area contributed by atoms with Crippen LogP contribution in [0.5, 0.6) is 0 Å². The smallest absolute Gasteiger partial charge is 0.254 e. The van der Waals surface area contributed by atoms with E-state index >= 15 is 0 Å². The molecule has 2 aromatic rings. The molecular weight excluding hydrogens is 344 g/mol. The van der Waals surface area contributed by atoms with Crippen LogP contribution >= 0.6 is 0 Å².